The van der Waals surface area contributed by atoms with Crippen LogP contribution in [0, 0.1) is 6.92 Å². The molecule has 3 rings (SSSR count). The van der Waals surface area contributed by atoms with Crippen molar-refractivity contribution in [3.63, 3.8) is 0 Å². The summed E-state index contributed by atoms with van der Waals surface area (Å²) in [5, 5.41) is 8.71. The first-order valence-electron chi connectivity index (χ1n) is 7.30. The Morgan fingerprint density at radius 1 is 1.30 bits per heavy atom. The molecule has 2 aromatic heterocycles. The summed E-state index contributed by atoms with van der Waals surface area (Å²) in [5.41, 5.74) is 2.97. The fourth-order valence-corrected chi connectivity index (χ4v) is 2.87. The number of aromatic amines is 1. The molecule has 116 valence electrons. The molecule has 23 heavy (non-hydrogen) atoms. The molecule has 1 amide bonds. The van der Waals surface area contributed by atoms with Crippen LogP contribution in [0.4, 0.5) is 5.69 Å². The van der Waals surface area contributed by atoms with Crippen molar-refractivity contribution >= 4 is 29.0 Å². The Morgan fingerprint density at radius 2 is 2.13 bits per heavy atom. The van der Waals surface area contributed by atoms with E-state index in [0.717, 1.165) is 16.1 Å². The van der Waals surface area contributed by atoms with Crippen molar-refractivity contribution in [2.75, 3.05) is 4.90 Å². The van der Waals surface area contributed by atoms with E-state index in [-0.39, 0.29) is 5.91 Å². The van der Waals surface area contributed by atoms with Crippen molar-refractivity contribution in [3.8, 4) is 0 Å². The number of carbonyl (C=O) groups excluding carboxylic acids is 1. The van der Waals surface area contributed by atoms with Gasteiger partial charge in [-0.25, -0.2) is 0 Å². The summed E-state index contributed by atoms with van der Waals surface area (Å²) in [6.45, 7) is 2.58. The Labute approximate surface area is 139 Å². The number of rotatable bonds is 5. The van der Waals surface area contributed by atoms with Crippen molar-refractivity contribution in [2.45, 2.75) is 13.5 Å². The van der Waals surface area contributed by atoms with E-state index in [1.165, 1.54) is 5.56 Å². The molecular formula is C18H17N3OS. The number of hydrogen-bond acceptors (Lipinski definition) is 3. The summed E-state index contributed by atoms with van der Waals surface area (Å²) in [6, 6.07) is 12.1. The minimum Gasteiger partial charge on any atom is -0.301 e. The van der Waals surface area contributed by atoms with Gasteiger partial charge in [0.2, 0.25) is 0 Å². The largest absolute Gasteiger partial charge is 0.301 e. The van der Waals surface area contributed by atoms with Crippen LogP contribution in [-0.4, -0.2) is 16.1 Å². The number of hydrogen-bond donors (Lipinski definition) is 1. The number of anilines is 1. The van der Waals surface area contributed by atoms with Gasteiger partial charge in [-0.2, -0.15) is 5.10 Å². The van der Waals surface area contributed by atoms with E-state index in [1.54, 1.807) is 34.7 Å². The first kappa shape index (κ1) is 15.2. The van der Waals surface area contributed by atoms with E-state index >= 15 is 0 Å². The Kier molecular flexibility index (Phi) is 4.68. The van der Waals surface area contributed by atoms with Gasteiger partial charge in [0.1, 0.15) is 0 Å². The van der Waals surface area contributed by atoms with Gasteiger partial charge in [0, 0.05) is 17.2 Å². The van der Waals surface area contributed by atoms with Crippen LogP contribution in [0.5, 0.6) is 0 Å². The topological polar surface area (TPSA) is 49.0 Å². The highest BCUT2D eigenvalue weighted by atomic mass is 32.1. The fourth-order valence-electron chi connectivity index (χ4n) is 2.18. The third kappa shape index (κ3) is 3.96. The number of carbonyl (C=O) groups is 1. The molecule has 0 bridgehead atoms. The number of aryl methyl sites for hydroxylation is 1. The molecule has 1 N–H and O–H groups in total. The molecule has 0 spiro atoms. The second-order valence-corrected chi connectivity index (χ2v) is 6.24. The molecule has 0 atom stereocenters. The zero-order chi connectivity index (χ0) is 16.1. The summed E-state index contributed by atoms with van der Waals surface area (Å²) in [4.78, 5) is 15.4. The van der Waals surface area contributed by atoms with Gasteiger partial charge >= 0.3 is 0 Å². The molecule has 2 heterocycles. The van der Waals surface area contributed by atoms with Gasteiger partial charge < -0.3 is 4.90 Å². The minimum absolute atomic E-state index is 0.0691. The molecule has 0 saturated carbocycles. The van der Waals surface area contributed by atoms with Crippen molar-refractivity contribution in [1.29, 1.82) is 0 Å². The van der Waals surface area contributed by atoms with E-state index in [9.17, 15) is 4.79 Å². The molecule has 3 aromatic rings. The summed E-state index contributed by atoms with van der Waals surface area (Å²) in [6.07, 6.45) is 6.82. The average Bonchev–Trinajstić information content (AvgIpc) is 3.25. The van der Waals surface area contributed by atoms with Crippen LogP contribution in [0.2, 0.25) is 0 Å². The van der Waals surface area contributed by atoms with Crippen LogP contribution in [0.3, 0.4) is 0 Å². The van der Waals surface area contributed by atoms with Gasteiger partial charge in [-0.1, -0.05) is 35.9 Å². The normalized spacial score (nSPS) is 11.0. The van der Waals surface area contributed by atoms with Crippen molar-refractivity contribution < 1.29 is 4.79 Å². The fraction of sp³-hybridized carbons (Fsp3) is 0.111. The summed E-state index contributed by atoms with van der Waals surface area (Å²) in [7, 11) is 0. The van der Waals surface area contributed by atoms with Crippen LogP contribution in [0.15, 0.2) is 60.2 Å². The second-order valence-electron chi connectivity index (χ2n) is 5.20. The van der Waals surface area contributed by atoms with Gasteiger partial charge in [0.15, 0.2) is 0 Å². The number of thiophene rings is 1. The van der Waals surface area contributed by atoms with Crippen LogP contribution >= 0.6 is 11.3 Å². The van der Waals surface area contributed by atoms with Gasteiger partial charge in [-0.15, -0.1) is 11.3 Å². The average molecular weight is 323 g/mol. The first-order chi connectivity index (χ1) is 11.2. The third-order valence-electron chi connectivity index (χ3n) is 3.45. The van der Waals surface area contributed by atoms with Gasteiger partial charge in [-0.05, 0) is 30.0 Å². The molecule has 4 nitrogen and oxygen atoms in total. The Bertz CT molecular complexity index is 774. The monoisotopic (exact) mass is 323 g/mol. The molecule has 5 heteroatoms. The summed E-state index contributed by atoms with van der Waals surface area (Å²) < 4.78 is 0. The zero-order valence-electron chi connectivity index (χ0n) is 12.8. The van der Waals surface area contributed by atoms with Crippen LogP contribution in [-0.2, 0) is 11.3 Å². The number of nitrogens with zero attached hydrogens (tertiary/aromatic N) is 2. The lowest BCUT2D eigenvalue weighted by molar-refractivity contribution is -0.114. The van der Waals surface area contributed by atoms with Crippen molar-refractivity contribution in [1.82, 2.24) is 10.2 Å². The number of nitrogens with one attached hydrogen (secondary N) is 1. The number of amides is 1. The van der Waals surface area contributed by atoms with E-state index in [4.69, 9.17) is 0 Å². The summed E-state index contributed by atoms with van der Waals surface area (Å²) in [5.74, 6) is -0.0691. The van der Waals surface area contributed by atoms with Crippen molar-refractivity contribution in [2.24, 2.45) is 0 Å². The highest BCUT2D eigenvalue weighted by Crippen LogP contribution is 2.19. The van der Waals surface area contributed by atoms with E-state index in [1.807, 2.05) is 54.8 Å². The molecule has 0 aliphatic carbocycles. The standard InChI is InChI=1S/C18H17N3OS/c1-14-4-6-15(7-5-14)8-9-18(22)21(16-11-19-20-12-16)13-17-3-2-10-23-17/h2-12H,13H2,1H3,(H,19,20)/b9-8+. The molecule has 0 saturated heterocycles. The van der Waals surface area contributed by atoms with Crippen molar-refractivity contribution in [3.05, 3.63) is 76.3 Å². The Hall–Kier alpha value is -2.66. The van der Waals surface area contributed by atoms with Gasteiger partial charge in [-0.3, -0.25) is 9.89 Å². The quantitative estimate of drug-likeness (QED) is 0.721. The van der Waals surface area contributed by atoms with Crippen LogP contribution in [0.25, 0.3) is 6.08 Å². The molecule has 0 radical (unpaired) electrons. The molecule has 0 aliphatic heterocycles. The maximum absolute atomic E-state index is 12.6. The summed E-state index contributed by atoms with van der Waals surface area (Å²) >= 11 is 1.63. The molecule has 0 aliphatic rings. The molecule has 1 aromatic carbocycles. The van der Waals surface area contributed by atoms with Crippen LogP contribution in [0.1, 0.15) is 16.0 Å². The SMILES string of the molecule is Cc1ccc(/C=C/C(=O)N(Cc2cccs2)c2cn[nH]c2)cc1. The van der Waals surface area contributed by atoms with Gasteiger partial charge in [0.05, 0.1) is 18.4 Å². The van der Waals surface area contributed by atoms with Gasteiger partial charge in [0.25, 0.3) is 5.91 Å². The predicted molar refractivity (Wildman–Crippen MR) is 94.3 cm³/mol. The molecule has 0 unspecified atom stereocenters. The lowest BCUT2D eigenvalue weighted by Gasteiger charge is -2.18. The third-order valence-corrected chi connectivity index (χ3v) is 4.31. The zero-order valence-corrected chi connectivity index (χ0v) is 13.6. The predicted octanol–water partition coefficient (Wildman–Crippen LogP) is 4.03. The number of H-pyrrole nitrogens is 1. The van der Waals surface area contributed by atoms with Crippen LogP contribution < -0.4 is 4.90 Å². The number of aromatic nitrogens is 2. The smallest absolute Gasteiger partial charge is 0.251 e. The first-order valence-corrected chi connectivity index (χ1v) is 8.18. The minimum atomic E-state index is -0.0691. The number of benzene rings is 1. The maximum atomic E-state index is 12.6. The Morgan fingerprint density at radius 3 is 2.78 bits per heavy atom. The van der Waals surface area contributed by atoms with E-state index in [0.29, 0.717) is 6.54 Å². The van der Waals surface area contributed by atoms with E-state index in [2.05, 4.69) is 10.2 Å². The Balaban J connectivity index is 1.78. The second kappa shape index (κ2) is 7.07. The lowest BCUT2D eigenvalue weighted by atomic mass is 10.1. The molecular weight excluding hydrogens is 306 g/mol. The molecule has 0 fully saturated rings. The maximum Gasteiger partial charge on any atom is 0.251 e. The van der Waals surface area contributed by atoms with E-state index < -0.39 is 0 Å². The lowest BCUT2D eigenvalue weighted by Crippen LogP contribution is -2.27. The highest BCUT2D eigenvalue weighted by Gasteiger charge is 2.15. The highest BCUT2D eigenvalue weighted by molar-refractivity contribution is 7.09.